The quantitative estimate of drug-likeness (QED) is 0.452. The minimum Gasteiger partial charge on any atom is -0.464 e. The number of benzene rings is 1. The fourth-order valence-corrected chi connectivity index (χ4v) is 4.52. The van der Waals surface area contributed by atoms with Crippen LogP contribution in [0.4, 0.5) is 4.39 Å². The zero-order valence-electron chi connectivity index (χ0n) is 18.2. The van der Waals surface area contributed by atoms with E-state index in [1.807, 2.05) is 4.57 Å². The molecule has 0 aliphatic carbocycles. The number of hydrogen-bond acceptors (Lipinski definition) is 6. The molecule has 1 fully saturated rings. The summed E-state index contributed by atoms with van der Waals surface area (Å²) in [6.45, 7) is 7.32. The highest BCUT2D eigenvalue weighted by molar-refractivity contribution is 7.99. The van der Waals surface area contributed by atoms with E-state index in [0.717, 1.165) is 12.8 Å². The van der Waals surface area contributed by atoms with Crippen LogP contribution in [0.25, 0.3) is 11.4 Å². The molecular formula is C22H29FN4O3S. The van der Waals surface area contributed by atoms with Crippen molar-refractivity contribution in [2.24, 2.45) is 5.92 Å². The minimum absolute atomic E-state index is 0.128. The smallest absolute Gasteiger partial charge is 0.328 e. The van der Waals surface area contributed by atoms with Crippen molar-refractivity contribution in [3.63, 3.8) is 0 Å². The van der Waals surface area contributed by atoms with Crippen molar-refractivity contribution in [2.45, 2.75) is 57.8 Å². The lowest BCUT2D eigenvalue weighted by Crippen LogP contribution is -2.49. The molecule has 0 spiro atoms. The molecule has 0 bridgehead atoms. The molecule has 168 valence electrons. The first kappa shape index (κ1) is 23.2. The van der Waals surface area contributed by atoms with Gasteiger partial charge in [-0.1, -0.05) is 37.7 Å². The molecule has 31 heavy (non-hydrogen) atoms. The molecule has 1 amide bonds. The van der Waals surface area contributed by atoms with Crippen molar-refractivity contribution in [1.82, 2.24) is 19.7 Å². The highest BCUT2D eigenvalue weighted by Gasteiger charge is 2.33. The molecule has 1 aromatic heterocycles. The van der Waals surface area contributed by atoms with Gasteiger partial charge in [0.05, 0.1) is 17.9 Å². The molecule has 0 radical (unpaired) electrons. The molecule has 7 nitrogen and oxygen atoms in total. The molecule has 1 saturated heterocycles. The SMILES string of the molecule is CCOC(=O)C1CCCCN1C(=O)CSc1nnc(-c2ccccc2F)n1CC(C)C. The van der Waals surface area contributed by atoms with Crippen LogP contribution in [0.3, 0.4) is 0 Å². The maximum Gasteiger partial charge on any atom is 0.328 e. The van der Waals surface area contributed by atoms with Crippen LogP contribution in [-0.4, -0.2) is 56.5 Å². The summed E-state index contributed by atoms with van der Waals surface area (Å²) in [7, 11) is 0. The third kappa shape index (κ3) is 5.64. The Hall–Kier alpha value is -2.42. The summed E-state index contributed by atoms with van der Waals surface area (Å²) in [4.78, 5) is 26.8. The predicted molar refractivity (Wildman–Crippen MR) is 117 cm³/mol. The number of esters is 1. The molecule has 2 heterocycles. The number of halogens is 1. The predicted octanol–water partition coefficient (Wildman–Crippen LogP) is 3.78. The van der Waals surface area contributed by atoms with Crippen molar-refractivity contribution >= 4 is 23.6 Å². The van der Waals surface area contributed by atoms with E-state index >= 15 is 0 Å². The number of carbonyl (C=O) groups excluding carboxylic acids is 2. The maximum atomic E-state index is 14.3. The number of likely N-dealkylation sites (tertiary alicyclic amines) is 1. The summed E-state index contributed by atoms with van der Waals surface area (Å²) < 4.78 is 21.4. The largest absolute Gasteiger partial charge is 0.464 e. The Bertz CT molecular complexity index is 918. The topological polar surface area (TPSA) is 77.3 Å². The molecule has 1 aromatic carbocycles. The van der Waals surface area contributed by atoms with Crippen molar-refractivity contribution < 1.29 is 18.7 Å². The van der Waals surface area contributed by atoms with E-state index in [4.69, 9.17) is 4.74 Å². The summed E-state index contributed by atoms with van der Waals surface area (Å²) in [6.07, 6.45) is 2.39. The molecule has 1 atom stereocenters. The minimum atomic E-state index is -0.524. The number of ether oxygens (including phenoxy) is 1. The van der Waals surface area contributed by atoms with Crippen LogP contribution in [0, 0.1) is 11.7 Å². The Balaban J connectivity index is 1.77. The standard InChI is InChI=1S/C22H29FN4O3S/c1-4-30-21(29)18-11-7-8-12-26(18)19(28)14-31-22-25-24-20(27(22)13-15(2)3)16-9-5-6-10-17(16)23/h5-6,9-10,15,18H,4,7-8,11-14H2,1-3H3. The number of thioether (sulfide) groups is 1. The third-order valence-corrected chi connectivity index (χ3v) is 6.04. The number of hydrogen-bond donors (Lipinski definition) is 0. The van der Waals surface area contributed by atoms with Crippen molar-refractivity contribution in [3.8, 4) is 11.4 Å². The Morgan fingerprint density at radius 3 is 2.74 bits per heavy atom. The Morgan fingerprint density at radius 2 is 2.03 bits per heavy atom. The van der Waals surface area contributed by atoms with Crippen LogP contribution in [-0.2, 0) is 20.9 Å². The van der Waals surface area contributed by atoms with Crippen LogP contribution >= 0.6 is 11.8 Å². The second kappa shape index (κ2) is 10.7. The van der Waals surface area contributed by atoms with Gasteiger partial charge in [-0.05, 0) is 44.2 Å². The van der Waals surface area contributed by atoms with Crippen LogP contribution < -0.4 is 0 Å². The van der Waals surface area contributed by atoms with E-state index in [2.05, 4.69) is 24.0 Å². The fraction of sp³-hybridized carbons (Fsp3) is 0.545. The lowest BCUT2D eigenvalue weighted by molar-refractivity contribution is -0.155. The van der Waals surface area contributed by atoms with Crippen LogP contribution in [0.1, 0.15) is 40.0 Å². The third-order valence-electron chi connectivity index (χ3n) is 5.09. The van der Waals surface area contributed by atoms with E-state index < -0.39 is 6.04 Å². The van der Waals surface area contributed by atoms with Crippen LogP contribution in [0.5, 0.6) is 0 Å². The van der Waals surface area contributed by atoms with Crippen molar-refractivity contribution in [1.29, 1.82) is 0 Å². The molecule has 1 aliphatic heterocycles. The summed E-state index contributed by atoms with van der Waals surface area (Å²) in [5.41, 5.74) is 0.382. The van der Waals surface area contributed by atoms with Gasteiger partial charge in [0.15, 0.2) is 11.0 Å². The number of piperidine rings is 1. The first-order valence-corrected chi connectivity index (χ1v) is 11.7. The summed E-state index contributed by atoms with van der Waals surface area (Å²) in [5.74, 6) is 0.0254. The molecule has 1 unspecified atom stereocenters. The van der Waals surface area contributed by atoms with Gasteiger partial charge in [-0.25, -0.2) is 9.18 Å². The van der Waals surface area contributed by atoms with Gasteiger partial charge >= 0.3 is 5.97 Å². The molecule has 1 aliphatic rings. The highest BCUT2D eigenvalue weighted by atomic mass is 32.2. The van der Waals surface area contributed by atoms with Crippen molar-refractivity contribution in [2.75, 3.05) is 18.9 Å². The normalized spacial score (nSPS) is 16.5. The number of aromatic nitrogens is 3. The molecule has 2 aromatic rings. The monoisotopic (exact) mass is 448 g/mol. The summed E-state index contributed by atoms with van der Waals surface area (Å²) in [5, 5.41) is 9.01. The fourth-order valence-electron chi connectivity index (χ4n) is 3.69. The van der Waals surface area contributed by atoms with E-state index in [0.29, 0.717) is 42.7 Å². The average molecular weight is 449 g/mol. The van der Waals surface area contributed by atoms with Gasteiger partial charge in [0.2, 0.25) is 5.91 Å². The van der Waals surface area contributed by atoms with Gasteiger partial charge in [-0.15, -0.1) is 10.2 Å². The van der Waals surface area contributed by atoms with Crippen LogP contribution in [0.2, 0.25) is 0 Å². The van der Waals surface area contributed by atoms with Gasteiger partial charge in [0.1, 0.15) is 11.9 Å². The Kier molecular flexibility index (Phi) is 8.06. The van der Waals surface area contributed by atoms with Gasteiger partial charge < -0.3 is 14.2 Å². The number of nitrogens with zero attached hydrogens (tertiary/aromatic N) is 4. The van der Waals surface area contributed by atoms with Crippen molar-refractivity contribution in [3.05, 3.63) is 30.1 Å². The van der Waals surface area contributed by atoms with Gasteiger partial charge in [0.25, 0.3) is 0 Å². The molecule has 9 heteroatoms. The van der Waals surface area contributed by atoms with Crippen LogP contribution in [0.15, 0.2) is 29.4 Å². The average Bonchev–Trinajstić information content (AvgIpc) is 3.14. The zero-order chi connectivity index (χ0) is 22.4. The van der Waals surface area contributed by atoms with E-state index in [9.17, 15) is 14.0 Å². The number of rotatable bonds is 8. The summed E-state index contributed by atoms with van der Waals surface area (Å²) in [6, 6.07) is 5.94. The Labute approximate surface area is 186 Å². The Morgan fingerprint density at radius 1 is 1.26 bits per heavy atom. The zero-order valence-corrected chi connectivity index (χ0v) is 19.0. The van der Waals surface area contributed by atoms with Gasteiger partial charge in [-0.2, -0.15) is 0 Å². The van der Waals surface area contributed by atoms with Gasteiger partial charge in [0, 0.05) is 13.1 Å². The number of amides is 1. The first-order chi connectivity index (χ1) is 14.9. The highest BCUT2D eigenvalue weighted by Crippen LogP contribution is 2.28. The second-order valence-electron chi connectivity index (χ2n) is 7.93. The lowest BCUT2D eigenvalue weighted by Gasteiger charge is -2.33. The molecule has 0 N–H and O–H groups in total. The number of carbonyl (C=O) groups is 2. The van der Waals surface area contributed by atoms with E-state index in [1.54, 1.807) is 30.0 Å². The lowest BCUT2D eigenvalue weighted by atomic mass is 10.0. The first-order valence-electron chi connectivity index (χ1n) is 10.7. The van der Waals surface area contributed by atoms with E-state index in [1.165, 1.54) is 17.8 Å². The van der Waals surface area contributed by atoms with E-state index in [-0.39, 0.29) is 29.4 Å². The second-order valence-corrected chi connectivity index (χ2v) is 8.87. The summed E-state index contributed by atoms with van der Waals surface area (Å²) >= 11 is 1.26. The molecule has 0 saturated carbocycles. The maximum absolute atomic E-state index is 14.3. The molecular weight excluding hydrogens is 419 g/mol. The van der Waals surface area contributed by atoms with Gasteiger partial charge in [-0.3, -0.25) is 4.79 Å². The molecule has 3 rings (SSSR count).